The molecule has 1 aromatic carbocycles. The van der Waals surface area contributed by atoms with Crippen LogP contribution < -0.4 is 5.32 Å². The van der Waals surface area contributed by atoms with Crippen molar-refractivity contribution < 1.29 is 8.78 Å². The van der Waals surface area contributed by atoms with Crippen molar-refractivity contribution in [3.8, 4) is 0 Å². The molecule has 3 heteroatoms. The third-order valence-electron chi connectivity index (χ3n) is 4.78. The third kappa shape index (κ3) is 3.82. The average molecular weight is 295 g/mol. The number of rotatable bonds is 3. The highest BCUT2D eigenvalue weighted by atomic mass is 19.1. The fraction of sp³-hybridized carbons (Fsp3) is 0.667. The lowest BCUT2D eigenvalue weighted by Gasteiger charge is -2.42. The van der Waals surface area contributed by atoms with E-state index in [1.165, 1.54) is 37.5 Å². The number of nitrogens with one attached hydrogen (secondary N) is 1. The molecule has 2 rings (SSSR count). The maximum absolute atomic E-state index is 13.9. The number of hydrogen-bond acceptors (Lipinski definition) is 1. The van der Waals surface area contributed by atoms with Gasteiger partial charge in [0.15, 0.2) is 0 Å². The quantitative estimate of drug-likeness (QED) is 0.806. The van der Waals surface area contributed by atoms with Gasteiger partial charge in [0, 0.05) is 17.6 Å². The molecule has 0 aromatic heterocycles. The van der Waals surface area contributed by atoms with Gasteiger partial charge < -0.3 is 5.32 Å². The number of benzene rings is 1. The van der Waals surface area contributed by atoms with Gasteiger partial charge in [0.1, 0.15) is 11.6 Å². The first-order valence-corrected chi connectivity index (χ1v) is 8.00. The Morgan fingerprint density at radius 2 is 1.67 bits per heavy atom. The maximum Gasteiger partial charge on any atom is 0.130 e. The van der Waals surface area contributed by atoms with E-state index in [1.54, 1.807) is 0 Å². The lowest BCUT2D eigenvalue weighted by Crippen LogP contribution is -2.45. The summed E-state index contributed by atoms with van der Waals surface area (Å²) in [5.74, 6) is -0.375. The smallest absolute Gasteiger partial charge is 0.130 e. The van der Waals surface area contributed by atoms with Crippen molar-refractivity contribution >= 4 is 0 Å². The topological polar surface area (TPSA) is 12.0 Å². The summed E-state index contributed by atoms with van der Waals surface area (Å²) in [6.45, 7) is 8.62. The van der Waals surface area contributed by atoms with Gasteiger partial charge in [-0.15, -0.1) is 0 Å². The van der Waals surface area contributed by atoms with Crippen molar-refractivity contribution in [1.29, 1.82) is 0 Å². The van der Waals surface area contributed by atoms with Crippen LogP contribution >= 0.6 is 0 Å². The second-order valence-electron chi connectivity index (χ2n) is 7.39. The lowest BCUT2D eigenvalue weighted by atomic mass is 9.69. The van der Waals surface area contributed by atoms with Crippen LogP contribution in [0.4, 0.5) is 8.78 Å². The predicted octanol–water partition coefficient (Wildman–Crippen LogP) is 5.22. The van der Waals surface area contributed by atoms with Gasteiger partial charge in [0.25, 0.3) is 0 Å². The highest BCUT2D eigenvalue weighted by Crippen LogP contribution is 2.39. The highest BCUT2D eigenvalue weighted by molar-refractivity contribution is 5.23. The van der Waals surface area contributed by atoms with Crippen molar-refractivity contribution in [3.63, 3.8) is 0 Å². The molecule has 0 bridgehead atoms. The number of halogens is 2. The average Bonchev–Trinajstić information content (AvgIpc) is 2.37. The van der Waals surface area contributed by atoms with Crippen LogP contribution in [0.1, 0.15) is 65.0 Å². The Kier molecular flexibility index (Phi) is 5.03. The molecule has 0 spiro atoms. The fourth-order valence-electron chi connectivity index (χ4n) is 3.70. The van der Waals surface area contributed by atoms with E-state index < -0.39 is 11.6 Å². The molecule has 1 nitrogen and oxygen atoms in total. The van der Waals surface area contributed by atoms with Crippen LogP contribution in [-0.2, 0) is 0 Å². The Morgan fingerprint density at radius 3 is 2.24 bits per heavy atom. The predicted molar refractivity (Wildman–Crippen MR) is 83.1 cm³/mol. The summed E-state index contributed by atoms with van der Waals surface area (Å²) in [6, 6.07) is 4.10. The van der Waals surface area contributed by atoms with Gasteiger partial charge >= 0.3 is 0 Å². The molecule has 3 atom stereocenters. The van der Waals surface area contributed by atoms with Crippen molar-refractivity contribution in [2.75, 3.05) is 0 Å². The second kappa shape index (κ2) is 6.43. The molecule has 118 valence electrons. The largest absolute Gasteiger partial charge is 0.307 e. The summed E-state index contributed by atoms with van der Waals surface area (Å²) in [5.41, 5.74) is 0.377. The first kappa shape index (κ1) is 16.4. The highest BCUT2D eigenvalue weighted by Gasteiger charge is 2.35. The molecule has 0 radical (unpaired) electrons. The zero-order valence-electron chi connectivity index (χ0n) is 13.5. The molecule has 1 N–H and O–H groups in total. The Bertz CT molecular complexity index is 458. The van der Waals surface area contributed by atoms with Crippen LogP contribution in [-0.4, -0.2) is 6.04 Å². The molecule has 1 aliphatic carbocycles. The van der Waals surface area contributed by atoms with Crippen molar-refractivity contribution in [1.82, 2.24) is 5.32 Å². The lowest BCUT2D eigenvalue weighted by molar-refractivity contribution is 0.123. The molecule has 0 amide bonds. The first-order chi connectivity index (χ1) is 9.80. The molecule has 1 saturated carbocycles. The molecule has 1 aromatic rings. The Balaban J connectivity index is 2.15. The fourth-order valence-corrected chi connectivity index (χ4v) is 3.70. The molecule has 0 saturated heterocycles. The van der Waals surface area contributed by atoms with Gasteiger partial charge in [0.2, 0.25) is 0 Å². The summed E-state index contributed by atoms with van der Waals surface area (Å²) in [7, 11) is 0. The molecule has 0 aliphatic heterocycles. The van der Waals surface area contributed by atoms with Crippen LogP contribution in [0.25, 0.3) is 0 Å². The van der Waals surface area contributed by atoms with Gasteiger partial charge in [-0.05, 0) is 43.2 Å². The van der Waals surface area contributed by atoms with E-state index in [9.17, 15) is 8.78 Å². The summed E-state index contributed by atoms with van der Waals surface area (Å²) in [4.78, 5) is 0. The summed E-state index contributed by atoms with van der Waals surface area (Å²) >= 11 is 0. The monoisotopic (exact) mass is 295 g/mol. The number of hydrogen-bond donors (Lipinski definition) is 1. The van der Waals surface area contributed by atoms with E-state index >= 15 is 0 Å². The molecule has 1 aliphatic rings. The van der Waals surface area contributed by atoms with Gasteiger partial charge in [0.05, 0.1) is 0 Å². The van der Waals surface area contributed by atoms with Gasteiger partial charge in [-0.3, -0.25) is 0 Å². The third-order valence-corrected chi connectivity index (χ3v) is 4.78. The minimum absolute atomic E-state index is 0.163. The van der Waals surface area contributed by atoms with Crippen LogP contribution in [0.15, 0.2) is 18.2 Å². The molecular weight excluding hydrogens is 268 g/mol. The zero-order valence-corrected chi connectivity index (χ0v) is 13.5. The molecule has 0 heterocycles. The van der Waals surface area contributed by atoms with E-state index in [2.05, 4.69) is 26.1 Å². The van der Waals surface area contributed by atoms with E-state index in [0.717, 1.165) is 6.42 Å². The van der Waals surface area contributed by atoms with Crippen molar-refractivity contribution in [3.05, 3.63) is 35.4 Å². The summed E-state index contributed by atoms with van der Waals surface area (Å²) in [6.07, 6.45) is 4.72. The minimum Gasteiger partial charge on any atom is -0.307 e. The van der Waals surface area contributed by atoms with Crippen LogP contribution in [0.3, 0.4) is 0 Å². The Labute approximate surface area is 127 Å². The van der Waals surface area contributed by atoms with E-state index in [0.29, 0.717) is 12.0 Å². The first-order valence-electron chi connectivity index (χ1n) is 8.00. The van der Waals surface area contributed by atoms with Crippen molar-refractivity contribution in [2.24, 2.45) is 11.3 Å². The Morgan fingerprint density at radius 1 is 1.10 bits per heavy atom. The standard InChI is InChI=1S/C18H27F2N/c1-12(17-14(19)9-7-10-15(17)20)21-16-11-6-5-8-13(16)18(2,3)4/h7,9-10,12-13,16,21H,5-6,8,11H2,1-4H3. The molecule has 3 unspecified atom stereocenters. The summed E-state index contributed by atoms with van der Waals surface area (Å²) in [5, 5.41) is 3.49. The Hall–Kier alpha value is -0.960. The zero-order chi connectivity index (χ0) is 15.6. The molecule has 21 heavy (non-hydrogen) atoms. The van der Waals surface area contributed by atoms with Gasteiger partial charge in [-0.1, -0.05) is 39.7 Å². The van der Waals surface area contributed by atoms with E-state index in [4.69, 9.17) is 0 Å². The van der Waals surface area contributed by atoms with Crippen molar-refractivity contribution in [2.45, 2.75) is 65.5 Å². The SMILES string of the molecule is CC(NC1CCCCC1C(C)(C)C)c1c(F)cccc1F. The summed E-state index contributed by atoms with van der Waals surface area (Å²) < 4.78 is 27.8. The maximum atomic E-state index is 13.9. The van der Waals surface area contributed by atoms with E-state index in [1.807, 2.05) is 6.92 Å². The molecular formula is C18H27F2N. The van der Waals surface area contributed by atoms with Crippen LogP contribution in [0.5, 0.6) is 0 Å². The molecule has 1 fully saturated rings. The van der Waals surface area contributed by atoms with Crippen LogP contribution in [0, 0.1) is 23.0 Å². The van der Waals surface area contributed by atoms with Gasteiger partial charge in [-0.25, -0.2) is 8.78 Å². The normalized spacial score (nSPS) is 24.9. The van der Waals surface area contributed by atoms with Gasteiger partial charge in [-0.2, -0.15) is 0 Å². The minimum atomic E-state index is -0.460. The van der Waals surface area contributed by atoms with Crippen LogP contribution in [0.2, 0.25) is 0 Å². The van der Waals surface area contributed by atoms with E-state index in [-0.39, 0.29) is 17.0 Å². The second-order valence-corrected chi connectivity index (χ2v) is 7.39.